The van der Waals surface area contributed by atoms with Crippen LogP contribution in [0.1, 0.15) is 6.92 Å². The van der Waals surface area contributed by atoms with Crippen molar-refractivity contribution in [2.24, 2.45) is 0 Å². The normalized spacial score (nSPS) is 13.4. The van der Waals surface area contributed by atoms with Crippen LogP contribution in [0.5, 0.6) is 0 Å². The standard InChI is InChI=1S/C17H14F3N3O2/c1-10(24)22-6-7-23(15-5-3-2-4-14(15)22)17(25)21-11-8-12(18)16(20)13(19)9-11/h2-5,8-9H,6-7H2,1H3,(H,21,25). The second-order valence-corrected chi connectivity index (χ2v) is 5.50. The maximum absolute atomic E-state index is 13.3. The Kier molecular flexibility index (Phi) is 4.35. The Morgan fingerprint density at radius 3 is 2.04 bits per heavy atom. The number of amides is 3. The van der Waals surface area contributed by atoms with E-state index in [0.29, 0.717) is 23.5 Å². The van der Waals surface area contributed by atoms with Crippen LogP contribution in [0.15, 0.2) is 36.4 Å². The van der Waals surface area contributed by atoms with Crippen molar-refractivity contribution >= 4 is 29.0 Å². The van der Waals surface area contributed by atoms with Gasteiger partial charge in [-0.1, -0.05) is 12.1 Å². The monoisotopic (exact) mass is 349 g/mol. The van der Waals surface area contributed by atoms with Gasteiger partial charge < -0.3 is 10.2 Å². The van der Waals surface area contributed by atoms with Crippen molar-refractivity contribution in [1.29, 1.82) is 0 Å². The first-order valence-corrected chi connectivity index (χ1v) is 7.48. The lowest BCUT2D eigenvalue weighted by molar-refractivity contribution is -0.116. The van der Waals surface area contributed by atoms with Gasteiger partial charge in [-0.3, -0.25) is 9.69 Å². The number of halogens is 3. The molecule has 2 aromatic carbocycles. The van der Waals surface area contributed by atoms with Gasteiger partial charge in [0, 0.05) is 37.8 Å². The lowest BCUT2D eigenvalue weighted by Gasteiger charge is -2.36. The number of nitrogens with one attached hydrogen (secondary N) is 1. The average molecular weight is 349 g/mol. The van der Waals surface area contributed by atoms with E-state index in [4.69, 9.17) is 0 Å². The molecule has 1 aliphatic rings. The molecule has 0 unspecified atom stereocenters. The molecular weight excluding hydrogens is 335 g/mol. The minimum absolute atomic E-state index is 0.157. The number of fused-ring (bicyclic) bond motifs is 1. The van der Waals surface area contributed by atoms with Crippen LogP contribution in [0.4, 0.5) is 35.0 Å². The van der Waals surface area contributed by atoms with E-state index in [9.17, 15) is 22.8 Å². The summed E-state index contributed by atoms with van der Waals surface area (Å²) >= 11 is 0. The molecule has 0 radical (unpaired) electrons. The third-order valence-corrected chi connectivity index (χ3v) is 3.87. The Labute approximate surface area is 141 Å². The first-order valence-electron chi connectivity index (χ1n) is 7.48. The van der Waals surface area contributed by atoms with Gasteiger partial charge in [-0.15, -0.1) is 0 Å². The van der Waals surface area contributed by atoms with Crippen molar-refractivity contribution in [1.82, 2.24) is 0 Å². The average Bonchev–Trinajstić information content (AvgIpc) is 2.58. The van der Waals surface area contributed by atoms with Gasteiger partial charge in [0.15, 0.2) is 17.5 Å². The molecule has 25 heavy (non-hydrogen) atoms. The van der Waals surface area contributed by atoms with Gasteiger partial charge in [0.2, 0.25) is 5.91 Å². The maximum Gasteiger partial charge on any atom is 0.326 e. The molecular formula is C17H14F3N3O2. The van der Waals surface area contributed by atoms with Crippen LogP contribution in [0.3, 0.4) is 0 Å². The Bertz CT molecular complexity index is 834. The first-order chi connectivity index (χ1) is 11.9. The van der Waals surface area contributed by atoms with Gasteiger partial charge in [0.25, 0.3) is 0 Å². The quantitative estimate of drug-likeness (QED) is 0.801. The largest absolute Gasteiger partial charge is 0.326 e. The van der Waals surface area contributed by atoms with Crippen molar-refractivity contribution in [3.05, 3.63) is 53.8 Å². The molecule has 3 amide bonds. The molecule has 3 rings (SSSR count). The topological polar surface area (TPSA) is 52.7 Å². The number of hydrogen-bond donors (Lipinski definition) is 1. The molecule has 8 heteroatoms. The fourth-order valence-corrected chi connectivity index (χ4v) is 2.72. The number of rotatable bonds is 1. The molecule has 0 saturated heterocycles. The lowest BCUT2D eigenvalue weighted by atomic mass is 10.1. The van der Waals surface area contributed by atoms with Crippen molar-refractivity contribution < 1.29 is 22.8 Å². The molecule has 0 saturated carbocycles. The Balaban J connectivity index is 1.88. The molecule has 0 bridgehead atoms. The zero-order chi connectivity index (χ0) is 18.1. The highest BCUT2D eigenvalue weighted by Gasteiger charge is 2.28. The molecule has 1 heterocycles. The number of benzene rings is 2. The second kappa shape index (κ2) is 6.46. The summed E-state index contributed by atoms with van der Waals surface area (Å²) in [5.41, 5.74) is 0.852. The number of urea groups is 1. The molecule has 0 spiro atoms. The van der Waals surface area contributed by atoms with Gasteiger partial charge in [-0.25, -0.2) is 18.0 Å². The summed E-state index contributed by atoms with van der Waals surface area (Å²) in [6, 6.07) is 7.58. The Hall–Kier alpha value is -3.03. The highest BCUT2D eigenvalue weighted by Crippen LogP contribution is 2.33. The van der Waals surface area contributed by atoms with E-state index >= 15 is 0 Å². The smallest absolute Gasteiger partial charge is 0.309 e. The summed E-state index contributed by atoms with van der Waals surface area (Å²) in [5, 5.41) is 2.34. The zero-order valence-corrected chi connectivity index (χ0v) is 13.2. The zero-order valence-electron chi connectivity index (χ0n) is 13.2. The number of carbonyl (C=O) groups excluding carboxylic acids is 2. The van der Waals surface area contributed by atoms with E-state index in [1.54, 1.807) is 24.3 Å². The van der Waals surface area contributed by atoms with Crippen LogP contribution in [-0.2, 0) is 4.79 Å². The van der Waals surface area contributed by atoms with E-state index in [1.807, 2.05) is 0 Å². The lowest BCUT2D eigenvalue weighted by Crippen LogP contribution is -2.47. The molecule has 2 aromatic rings. The summed E-state index contributed by atoms with van der Waals surface area (Å²) in [6.45, 7) is 1.91. The summed E-state index contributed by atoms with van der Waals surface area (Å²) in [4.78, 5) is 27.1. The minimum Gasteiger partial charge on any atom is -0.309 e. The van der Waals surface area contributed by atoms with Gasteiger partial charge in [-0.05, 0) is 12.1 Å². The van der Waals surface area contributed by atoms with Crippen molar-refractivity contribution in [2.45, 2.75) is 6.92 Å². The van der Waals surface area contributed by atoms with Gasteiger partial charge in [0.1, 0.15) is 0 Å². The third-order valence-electron chi connectivity index (χ3n) is 3.87. The van der Waals surface area contributed by atoms with Crippen LogP contribution in [0, 0.1) is 17.5 Å². The van der Waals surface area contributed by atoms with Crippen LogP contribution in [-0.4, -0.2) is 25.0 Å². The number of anilines is 3. The number of carbonyl (C=O) groups is 2. The summed E-state index contributed by atoms with van der Waals surface area (Å²) < 4.78 is 39.6. The molecule has 130 valence electrons. The number of hydrogen-bond acceptors (Lipinski definition) is 2. The van der Waals surface area contributed by atoms with Crippen molar-refractivity contribution in [3.63, 3.8) is 0 Å². The van der Waals surface area contributed by atoms with E-state index in [2.05, 4.69) is 5.32 Å². The van der Waals surface area contributed by atoms with Crippen molar-refractivity contribution in [2.75, 3.05) is 28.2 Å². The predicted molar refractivity (Wildman–Crippen MR) is 87.1 cm³/mol. The molecule has 5 nitrogen and oxygen atoms in total. The molecule has 0 fully saturated rings. The predicted octanol–water partition coefficient (Wildman–Crippen LogP) is 3.51. The summed E-state index contributed by atoms with van der Waals surface area (Å²) in [6.07, 6.45) is 0. The van der Waals surface area contributed by atoms with Crippen LogP contribution in [0.2, 0.25) is 0 Å². The Morgan fingerprint density at radius 1 is 0.960 bits per heavy atom. The molecule has 1 aliphatic heterocycles. The maximum atomic E-state index is 13.3. The van der Waals surface area contributed by atoms with Crippen LogP contribution >= 0.6 is 0 Å². The van der Waals surface area contributed by atoms with E-state index in [0.717, 1.165) is 0 Å². The molecule has 0 aliphatic carbocycles. The third kappa shape index (κ3) is 3.15. The second-order valence-electron chi connectivity index (χ2n) is 5.50. The highest BCUT2D eigenvalue weighted by atomic mass is 19.2. The van der Waals surface area contributed by atoms with E-state index < -0.39 is 23.5 Å². The van der Waals surface area contributed by atoms with Crippen LogP contribution < -0.4 is 15.1 Å². The van der Waals surface area contributed by atoms with Gasteiger partial charge in [0.05, 0.1) is 11.4 Å². The molecule has 0 atom stereocenters. The summed E-state index contributed by atoms with van der Waals surface area (Å²) in [7, 11) is 0. The van der Waals surface area contributed by atoms with Crippen molar-refractivity contribution in [3.8, 4) is 0 Å². The number of nitrogens with zero attached hydrogens (tertiary/aromatic N) is 2. The SMILES string of the molecule is CC(=O)N1CCN(C(=O)Nc2cc(F)c(F)c(F)c2)c2ccccc21. The summed E-state index contributed by atoms with van der Waals surface area (Å²) in [5.74, 6) is -4.54. The fourth-order valence-electron chi connectivity index (χ4n) is 2.72. The number of para-hydroxylation sites is 2. The van der Waals surface area contributed by atoms with E-state index in [-0.39, 0.29) is 24.7 Å². The molecule has 1 N–H and O–H groups in total. The highest BCUT2D eigenvalue weighted by molar-refractivity contribution is 6.07. The fraction of sp³-hybridized carbons (Fsp3) is 0.176. The van der Waals surface area contributed by atoms with E-state index in [1.165, 1.54) is 16.7 Å². The Morgan fingerprint density at radius 2 is 1.48 bits per heavy atom. The van der Waals surface area contributed by atoms with Gasteiger partial charge >= 0.3 is 6.03 Å². The van der Waals surface area contributed by atoms with Gasteiger partial charge in [-0.2, -0.15) is 0 Å². The molecule has 0 aromatic heterocycles. The minimum atomic E-state index is -1.60. The van der Waals surface area contributed by atoms with Crippen LogP contribution in [0.25, 0.3) is 0 Å². The first kappa shape index (κ1) is 16.8.